The number of ether oxygens (including phenoxy) is 2. The van der Waals surface area contributed by atoms with Crippen LogP contribution in [-0.4, -0.2) is 91.3 Å². The summed E-state index contributed by atoms with van der Waals surface area (Å²) in [4.78, 5) is 30.9. The Morgan fingerprint density at radius 2 is 1.80 bits per heavy atom. The summed E-state index contributed by atoms with van der Waals surface area (Å²) in [6.45, 7) is 2.57. The molecule has 2 aliphatic heterocycles. The molecule has 1 aromatic heterocycles. The minimum Gasteiger partial charge on any atom is -0.497 e. The van der Waals surface area contributed by atoms with Gasteiger partial charge in [-0.15, -0.1) is 0 Å². The predicted octanol–water partition coefficient (Wildman–Crippen LogP) is 4.73. The van der Waals surface area contributed by atoms with Crippen molar-refractivity contribution in [1.82, 2.24) is 14.2 Å². The van der Waals surface area contributed by atoms with Crippen molar-refractivity contribution in [2.24, 2.45) is 11.7 Å². The number of amides is 2. The Bertz CT molecular complexity index is 1730. The van der Waals surface area contributed by atoms with Gasteiger partial charge in [-0.05, 0) is 80.5 Å². The molecule has 2 amide bonds. The lowest BCUT2D eigenvalue weighted by atomic mass is 9.76. The van der Waals surface area contributed by atoms with Crippen LogP contribution in [-0.2, 0) is 26.0 Å². The second-order valence-corrected chi connectivity index (χ2v) is 14.7. The monoisotopic (exact) mass is 717 g/mol. The van der Waals surface area contributed by atoms with Crippen molar-refractivity contribution >= 4 is 39.3 Å². The molecule has 4 unspecified atom stereocenters. The number of nitrogens with one attached hydrogen (secondary N) is 1. The van der Waals surface area contributed by atoms with Crippen LogP contribution >= 0.6 is 11.6 Å². The molecule has 264 valence electrons. The molecule has 4 N–H and O–H groups in total. The number of anilines is 1. The number of sulfonamides is 1. The summed E-state index contributed by atoms with van der Waals surface area (Å²) in [5, 5.41) is 13.1. The van der Waals surface area contributed by atoms with Gasteiger partial charge < -0.3 is 30.5 Å². The molecule has 0 saturated carbocycles. The number of pyridine rings is 1. The molecule has 12 nitrogen and oxygen atoms in total. The summed E-state index contributed by atoms with van der Waals surface area (Å²) in [5.74, 6) is -1.06. The summed E-state index contributed by atoms with van der Waals surface area (Å²) in [6.07, 6.45) is 2.61. The number of benzene rings is 2. The molecule has 5 rings (SSSR count). The van der Waals surface area contributed by atoms with Gasteiger partial charge in [0.15, 0.2) is 0 Å². The molecule has 2 aromatic carbocycles. The first-order valence-electron chi connectivity index (χ1n) is 16.1. The van der Waals surface area contributed by atoms with Crippen LogP contribution in [0.2, 0.25) is 5.02 Å². The van der Waals surface area contributed by atoms with E-state index in [-0.39, 0.29) is 53.9 Å². The van der Waals surface area contributed by atoms with Gasteiger partial charge in [-0.1, -0.05) is 23.7 Å². The normalized spacial score (nSPS) is 20.4. The van der Waals surface area contributed by atoms with Crippen molar-refractivity contribution in [3.63, 3.8) is 0 Å². The van der Waals surface area contributed by atoms with Crippen LogP contribution in [0.25, 0.3) is 0 Å². The highest BCUT2D eigenvalue weighted by Gasteiger charge is 2.42. The van der Waals surface area contributed by atoms with Gasteiger partial charge in [-0.3, -0.25) is 9.78 Å². The second kappa shape index (κ2) is 15.8. The molecule has 49 heavy (non-hydrogen) atoms. The summed E-state index contributed by atoms with van der Waals surface area (Å²) in [5.41, 5.74) is 7.70. The molecule has 3 heterocycles. The molecule has 2 fully saturated rings. The first-order valence-corrected chi connectivity index (χ1v) is 17.9. The van der Waals surface area contributed by atoms with Crippen LogP contribution in [0.3, 0.4) is 0 Å². The van der Waals surface area contributed by atoms with E-state index in [0.29, 0.717) is 36.8 Å². The topological polar surface area (TPSA) is 164 Å². The van der Waals surface area contributed by atoms with Crippen molar-refractivity contribution in [3.05, 3.63) is 82.9 Å². The Hall–Kier alpha value is -3.82. The van der Waals surface area contributed by atoms with Crippen molar-refractivity contribution in [2.75, 3.05) is 38.7 Å². The number of nitrogens with two attached hydrogens (primary N) is 1. The van der Waals surface area contributed by atoms with Gasteiger partial charge in [0.25, 0.3) is 0 Å². The third-order valence-electron chi connectivity index (χ3n) is 9.32. The number of carbonyl (C=O) groups is 2. The smallest absolute Gasteiger partial charge is 0.407 e. The minimum atomic E-state index is -4.09. The molecule has 0 aliphatic carbocycles. The Balaban J connectivity index is 1.39. The lowest BCUT2D eigenvalue weighted by Crippen LogP contribution is -2.60. The van der Waals surface area contributed by atoms with E-state index in [1.165, 1.54) is 41.9 Å². The number of rotatable bonds is 11. The number of carboxylic acid groups (broad SMARTS) is 1. The van der Waals surface area contributed by atoms with E-state index in [1.54, 1.807) is 19.1 Å². The van der Waals surface area contributed by atoms with E-state index in [4.69, 9.17) is 26.8 Å². The first kappa shape index (κ1) is 36.5. The van der Waals surface area contributed by atoms with E-state index in [9.17, 15) is 23.1 Å². The maximum atomic E-state index is 15.4. The largest absolute Gasteiger partial charge is 0.497 e. The zero-order chi connectivity index (χ0) is 35.3. The number of hydrogen-bond donors (Lipinski definition) is 3. The standard InChI is InChI=1S/C34H41ClFN5O7S/c1-21-19-40(34(43)44)20-25(41(21)49(45,46)27-10-8-26(47-2)9-11-27)7-12-28-29(36)17-38-18-30(28)39-33(42)32(37)31(23-13-15-48-16-14-23)22-3-5-24(35)6-4-22/h3-6,8-11,17-18,21,23,25,31-32H,7,12-16,19-20,37H2,1-2H3,(H,39,42)(H,43,44). The maximum absolute atomic E-state index is 15.4. The van der Waals surface area contributed by atoms with Gasteiger partial charge in [0.1, 0.15) is 11.6 Å². The number of halogens is 2. The third kappa shape index (κ3) is 8.32. The van der Waals surface area contributed by atoms with Gasteiger partial charge in [-0.25, -0.2) is 17.6 Å². The Morgan fingerprint density at radius 1 is 1.12 bits per heavy atom. The Kier molecular flexibility index (Phi) is 11.8. The van der Waals surface area contributed by atoms with E-state index < -0.39 is 46.0 Å². The van der Waals surface area contributed by atoms with Gasteiger partial charge in [0.2, 0.25) is 15.9 Å². The van der Waals surface area contributed by atoms with E-state index in [2.05, 4.69) is 10.3 Å². The van der Waals surface area contributed by atoms with Gasteiger partial charge in [-0.2, -0.15) is 4.31 Å². The number of methoxy groups -OCH3 is 1. The van der Waals surface area contributed by atoms with Crippen LogP contribution in [0.4, 0.5) is 14.9 Å². The molecule has 0 spiro atoms. The summed E-state index contributed by atoms with van der Waals surface area (Å²) in [7, 11) is -2.62. The van der Waals surface area contributed by atoms with Crippen molar-refractivity contribution in [2.45, 2.75) is 61.5 Å². The highest BCUT2D eigenvalue weighted by atomic mass is 35.5. The average Bonchev–Trinajstić information content (AvgIpc) is 3.09. The first-order chi connectivity index (χ1) is 23.4. The van der Waals surface area contributed by atoms with Crippen LogP contribution < -0.4 is 15.8 Å². The van der Waals surface area contributed by atoms with Gasteiger partial charge in [0, 0.05) is 54.9 Å². The lowest BCUT2D eigenvalue weighted by molar-refractivity contribution is -0.118. The number of piperazine rings is 1. The highest BCUT2D eigenvalue weighted by molar-refractivity contribution is 7.89. The predicted molar refractivity (Wildman–Crippen MR) is 182 cm³/mol. The number of hydrogen-bond acceptors (Lipinski definition) is 8. The molecule has 0 radical (unpaired) electrons. The van der Waals surface area contributed by atoms with Crippen molar-refractivity contribution < 1.29 is 37.0 Å². The quantitative estimate of drug-likeness (QED) is 0.254. The third-order valence-corrected chi connectivity index (χ3v) is 11.7. The fourth-order valence-corrected chi connectivity index (χ4v) is 8.85. The van der Waals surface area contributed by atoms with Gasteiger partial charge >= 0.3 is 6.09 Å². The molecular weight excluding hydrogens is 677 g/mol. The lowest BCUT2D eigenvalue weighted by Gasteiger charge is -2.43. The van der Waals surface area contributed by atoms with Crippen LogP contribution in [0.15, 0.2) is 65.8 Å². The van der Waals surface area contributed by atoms with E-state index >= 15 is 4.39 Å². The number of nitrogens with zero attached hydrogens (tertiary/aromatic N) is 3. The maximum Gasteiger partial charge on any atom is 0.407 e. The highest BCUT2D eigenvalue weighted by Crippen LogP contribution is 2.36. The second-order valence-electron chi connectivity index (χ2n) is 12.4. The van der Waals surface area contributed by atoms with Crippen LogP contribution in [0.5, 0.6) is 5.75 Å². The summed E-state index contributed by atoms with van der Waals surface area (Å²) >= 11 is 6.13. The molecule has 3 aromatic rings. The molecule has 15 heteroatoms. The molecule has 0 bridgehead atoms. The average molecular weight is 718 g/mol. The van der Waals surface area contributed by atoms with Crippen LogP contribution in [0, 0.1) is 11.7 Å². The summed E-state index contributed by atoms with van der Waals surface area (Å²) < 4.78 is 55.3. The number of carbonyl (C=O) groups excluding carboxylic acids is 1. The van der Waals surface area contributed by atoms with E-state index in [0.717, 1.165) is 16.7 Å². The fourth-order valence-electron chi connectivity index (χ4n) is 6.89. The Labute approximate surface area is 290 Å². The molecular formula is C34H41ClFN5O7S. The van der Waals surface area contributed by atoms with Gasteiger partial charge in [0.05, 0.1) is 36.1 Å². The molecule has 4 atom stereocenters. The fraction of sp³-hybridized carbons (Fsp3) is 0.441. The number of aromatic nitrogens is 1. The zero-order valence-corrected chi connectivity index (χ0v) is 28.9. The zero-order valence-electron chi connectivity index (χ0n) is 27.3. The minimum absolute atomic E-state index is 0.0192. The Morgan fingerprint density at radius 3 is 2.43 bits per heavy atom. The molecule has 2 saturated heterocycles. The van der Waals surface area contributed by atoms with Crippen LogP contribution in [0.1, 0.15) is 43.2 Å². The molecule has 2 aliphatic rings. The SMILES string of the molecule is COc1ccc(S(=O)(=O)N2C(C)CN(C(=O)O)CC2CCc2c(F)cncc2NC(=O)C(N)C(c2ccc(Cl)cc2)C2CCOCC2)cc1. The summed E-state index contributed by atoms with van der Waals surface area (Å²) in [6, 6.07) is 10.6. The van der Waals surface area contributed by atoms with E-state index in [1.807, 2.05) is 12.1 Å². The van der Waals surface area contributed by atoms with Crippen molar-refractivity contribution in [1.29, 1.82) is 0 Å². The van der Waals surface area contributed by atoms with Crippen molar-refractivity contribution in [3.8, 4) is 5.75 Å².